The Labute approximate surface area is 134 Å². The van der Waals surface area contributed by atoms with Crippen molar-refractivity contribution in [2.45, 2.75) is 30.0 Å². The molecule has 116 valence electrons. The molecule has 0 spiro atoms. The zero-order valence-corrected chi connectivity index (χ0v) is 14.1. The summed E-state index contributed by atoms with van der Waals surface area (Å²) in [5.74, 6) is 0. The molecule has 2 aromatic heterocycles. The molecular formula is C16H18N2O2S2. The Balaban J connectivity index is 1.85. The lowest BCUT2D eigenvalue weighted by molar-refractivity contribution is 0.452. The largest absolute Gasteiger partial charge is 0.361 e. The first-order valence-electron chi connectivity index (χ1n) is 7.00. The summed E-state index contributed by atoms with van der Waals surface area (Å²) >= 11 is 1.22. The number of hydrogen-bond donors (Lipinski definition) is 2. The minimum atomic E-state index is -3.47. The van der Waals surface area contributed by atoms with Gasteiger partial charge in [-0.1, -0.05) is 24.3 Å². The quantitative estimate of drug-likeness (QED) is 0.750. The number of benzene rings is 1. The molecule has 22 heavy (non-hydrogen) atoms. The minimum absolute atomic E-state index is 0.347. The van der Waals surface area contributed by atoms with Crippen LogP contribution in [0.3, 0.4) is 0 Å². The van der Waals surface area contributed by atoms with Crippen LogP contribution in [0.5, 0.6) is 0 Å². The number of nitrogens with one attached hydrogen (secondary N) is 2. The van der Waals surface area contributed by atoms with Crippen molar-refractivity contribution in [3.8, 4) is 0 Å². The standard InChI is InChI=1S/C16H18N2O2S2/c1-16(2,18-22(19,20)15-8-5-9-21-15)10-12-11-17-14-7-4-3-6-13(12)14/h3-9,11,17-18H,10H2,1-2H3. The molecule has 0 radical (unpaired) electrons. The van der Waals surface area contributed by atoms with Gasteiger partial charge in [-0.25, -0.2) is 13.1 Å². The highest BCUT2D eigenvalue weighted by molar-refractivity contribution is 7.91. The summed E-state index contributed by atoms with van der Waals surface area (Å²) in [6, 6.07) is 11.4. The molecule has 0 saturated carbocycles. The summed E-state index contributed by atoms with van der Waals surface area (Å²) in [6.45, 7) is 3.81. The smallest absolute Gasteiger partial charge is 0.250 e. The first kappa shape index (κ1) is 15.3. The van der Waals surface area contributed by atoms with E-state index in [-0.39, 0.29) is 0 Å². The predicted molar refractivity (Wildman–Crippen MR) is 90.7 cm³/mol. The third kappa shape index (κ3) is 3.09. The van der Waals surface area contributed by atoms with E-state index in [4.69, 9.17) is 0 Å². The van der Waals surface area contributed by atoms with Gasteiger partial charge in [0.15, 0.2) is 0 Å². The van der Waals surface area contributed by atoms with Crippen molar-refractivity contribution in [3.63, 3.8) is 0 Å². The number of H-pyrrole nitrogens is 1. The maximum absolute atomic E-state index is 12.4. The van der Waals surface area contributed by atoms with Crippen molar-refractivity contribution in [2.75, 3.05) is 0 Å². The maximum Gasteiger partial charge on any atom is 0.250 e. The Kier molecular flexibility index (Phi) is 3.84. The number of hydrogen-bond acceptors (Lipinski definition) is 3. The van der Waals surface area contributed by atoms with Crippen LogP contribution in [-0.2, 0) is 16.4 Å². The summed E-state index contributed by atoms with van der Waals surface area (Å²) in [4.78, 5) is 3.23. The van der Waals surface area contributed by atoms with Crippen LogP contribution in [0.15, 0.2) is 52.2 Å². The second-order valence-corrected chi connectivity index (χ2v) is 8.81. The summed E-state index contributed by atoms with van der Waals surface area (Å²) < 4.78 is 27.9. The van der Waals surface area contributed by atoms with Crippen molar-refractivity contribution in [1.29, 1.82) is 0 Å². The molecule has 0 aliphatic heterocycles. The maximum atomic E-state index is 12.4. The topological polar surface area (TPSA) is 62.0 Å². The van der Waals surface area contributed by atoms with Crippen LogP contribution in [0, 0.1) is 0 Å². The molecule has 4 nitrogen and oxygen atoms in total. The highest BCUT2D eigenvalue weighted by atomic mass is 32.2. The van der Waals surface area contributed by atoms with Crippen LogP contribution in [-0.4, -0.2) is 18.9 Å². The van der Waals surface area contributed by atoms with E-state index >= 15 is 0 Å². The van der Waals surface area contributed by atoms with Crippen LogP contribution in [0.4, 0.5) is 0 Å². The van der Waals surface area contributed by atoms with Gasteiger partial charge in [0.2, 0.25) is 0 Å². The average molecular weight is 334 g/mol. The monoisotopic (exact) mass is 334 g/mol. The van der Waals surface area contributed by atoms with Crippen molar-refractivity contribution in [1.82, 2.24) is 9.71 Å². The van der Waals surface area contributed by atoms with Crippen molar-refractivity contribution in [3.05, 3.63) is 53.5 Å². The predicted octanol–water partition coefficient (Wildman–Crippen LogP) is 3.53. The van der Waals surface area contributed by atoms with Crippen molar-refractivity contribution in [2.24, 2.45) is 0 Å². The van der Waals surface area contributed by atoms with Crippen molar-refractivity contribution < 1.29 is 8.42 Å². The summed E-state index contributed by atoms with van der Waals surface area (Å²) in [7, 11) is -3.47. The van der Waals surface area contributed by atoms with Crippen LogP contribution < -0.4 is 4.72 Å². The van der Waals surface area contributed by atoms with Crippen molar-refractivity contribution >= 4 is 32.3 Å². The Morgan fingerprint density at radius 2 is 1.95 bits per heavy atom. The van der Waals surface area contributed by atoms with E-state index < -0.39 is 15.6 Å². The highest BCUT2D eigenvalue weighted by Gasteiger charge is 2.27. The highest BCUT2D eigenvalue weighted by Crippen LogP contribution is 2.24. The van der Waals surface area contributed by atoms with Gasteiger partial charge in [0.25, 0.3) is 10.0 Å². The molecule has 0 aliphatic rings. The number of rotatable bonds is 5. The molecule has 0 atom stereocenters. The van der Waals surface area contributed by atoms with E-state index in [1.807, 2.05) is 44.3 Å². The molecular weight excluding hydrogens is 316 g/mol. The van der Waals surface area contributed by atoms with Gasteiger partial charge in [-0.2, -0.15) is 0 Å². The zero-order valence-electron chi connectivity index (χ0n) is 12.5. The van der Waals surface area contributed by atoms with Crippen LogP contribution in [0.25, 0.3) is 10.9 Å². The van der Waals surface area contributed by atoms with Crippen LogP contribution >= 0.6 is 11.3 Å². The molecule has 1 aromatic carbocycles. The van der Waals surface area contributed by atoms with E-state index in [1.54, 1.807) is 17.5 Å². The van der Waals surface area contributed by atoms with Gasteiger partial charge < -0.3 is 4.98 Å². The molecule has 0 amide bonds. The molecule has 0 saturated heterocycles. The summed E-state index contributed by atoms with van der Waals surface area (Å²) in [5.41, 5.74) is 1.59. The van der Waals surface area contributed by atoms with Gasteiger partial charge in [-0.05, 0) is 43.3 Å². The van der Waals surface area contributed by atoms with Gasteiger partial charge in [-0.15, -0.1) is 11.3 Å². The first-order chi connectivity index (χ1) is 10.4. The molecule has 2 heterocycles. The van der Waals surface area contributed by atoms with E-state index in [2.05, 4.69) is 9.71 Å². The Morgan fingerprint density at radius 3 is 2.68 bits per heavy atom. The number of fused-ring (bicyclic) bond motifs is 1. The number of aromatic nitrogens is 1. The third-order valence-electron chi connectivity index (χ3n) is 3.48. The fraction of sp³-hybridized carbons (Fsp3) is 0.250. The van der Waals surface area contributed by atoms with E-state index in [9.17, 15) is 8.42 Å². The zero-order chi connectivity index (χ0) is 15.8. The summed E-state index contributed by atoms with van der Waals surface area (Å²) in [5, 5.41) is 2.90. The lowest BCUT2D eigenvalue weighted by Gasteiger charge is -2.25. The van der Waals surface area contributed by atoms with Gasteiger partial charge >= 0.3 is 0 Å². The van der Waals surface area contributed by atoms with E-state index in [0.29, 0.717) is 10.6 Å². The average Bonchev–Trinajstić information content (AvgIpc) is 3.07. The van der Waals surface area contributed by atoms with Crippen LogP contribution in [0.2, 0.25) is 0 Å². The molecule has 3 aromatic rings. The molecule has 3 rings (SSSR count). The van der Waals surface area contributed by atoms with E-state index in [0.717, 1.165) is 16.5 Å². The normalized spacial score (nSPS) is 12.8. The number of para-hydroxylation sites is 1. The second kappa shape index (κ2) is 5.53. The number of aromatic amines is 1. The Morgan fingerprint density at radius 1 is 1.18 bits per heavy atom. The second-order valence-electron chi connectivity index (χ2n) is 5.96. The third-order valence-corrected chi connectivity index (χ3v) is 6.57. The SMILES string of the molecule is CC(C)(Cc1c[nH]c2ccccc12)NS(=O)(=O)c1cccs1. The lowest BCUT2D eigenvalue weighted by atomic mass is 9.96. The fourth-order valence-corrected chi connectivity index (χ4v) is 5.03. The Hall–Kier alpha value is -1.63. The fourth-order valence-electron chi connectivity index (χ4n) is 2.62. The van der Waals surface area contributed by atoms with Gasteiger partial charge in [0.1, 0.15) is 4.21 Å². The molecule has 6 heteroatoms. The molecule has 0 aliphatic carbocycles. The molecule has 2 N–H and O–H groups in total. The first-order valence-corrected chi connectivity index (χ1v) is 9.36. The minimum Gasteiger partial charge on any atom is -0.361 e. The molecule has 0 unspecified atom stereocenters. The molecule has 0 fully saturated rings. The molecule has 0 bridgehead atoms. The summed E-state index contributed by atoms with van der Waals surface area (Å²) in [6.07, 6.45) is 2.56. The Bertz CT molecular complexity index is 878. The van der Waals surface area contributed by atoms with E-state index in [1.165, 1.54) is 11.3 Å². The van der Waals surface area contributed by atoms with Gasteiger partial charge in [-0.3, -0.25) is 0 Å². The van der Waals surface area contributed by atoms with Gasteiger partial charge in [0.05, 0.1) is 0 Å². The number of sulfonamides is 1. The lowest BCUT2D eigenvalue weighted by Crippen LogP contribution is -2.44. The number of thiophene rings is 1. The van der Waals surface area contributed by atoms with Gasteiger partial charge in [0, 0.05) is 22.6 Å². The van der Waals surface area contributed by atoms with Crippen LogP contribution in [0.1, 0.15) is 19.4 Å².